The zero-order valence-electron chi connectivity index (χ0n) is 14.2. The SMILES string of the molecule is CCOC(=O)c1nnc(SC)nc1Nc1cccc(-c2ncccn2)c1. The van der Waals surface area contributed by atoms with Gasteiger partial charge in [0, 0.05) is 23.6 Å². The smallest absolute Gasteiger partial charge is 0.362 e. The van der Waals surface area contributed by atoms with Gasteiger partial charge >= 0.3 is 5.97 Å². The summed E-state index contributed by atoms with van der Waals surface area (Å²) in [6.45, 7) is 1.97. The van der Waals surface area contributed by atoms with Crippen LogP contribution in [-0.4, -0.2) is 44.0 Å². The summed E-state index contributed by atoms with van der Waals surface area (Å²) in [4.78, 5) is 24.9. The predicted molar refractivity (Wildman–Crippen MR) is 98.3 cm³/mol. The molecule has 0 spiro atoms. The van der Waals surface area contributed by atoms with Crippen LogP contribution in [0.15, 0.2) is 47.9 Å². The van der Waals surface area contributed by atoms with E-state index in [1.54, 1.807) is 25.4 Å². The van der Waals surface area contributed by atoms with Crippen molar-refractivity contribution in [3.63, 3.8) is 0 Å². The zero-order chi connectivity index (χ0) is 18.4. The molecule has 0 saturated carbocycles. The first-order chi connectivity index (χ1) is 12.7. The van der Waals surface area contributed by atoms with Gasteiger partial charge in [0.2, 0.25) is 10.9 Å². The molecule has 26 heavy (non-hydrogen) atoms. The Morgan fingerprint density at radius 1 is 1.19 bits per heavy atom. The minimum absolute atomic E-state index is 0.0333. The standard InChI is InChI=1S/C17H16N6O2S/c1-3-25-16(24)13-15(21-17(26-2)23-22-13)20-12-7-4-6-11(10-12)14-18-8-5-9-19-14/h4-10H,3H2,1-2H3,(H,20,21,23). The van der Waals surface area contributed by atoms with E-state index in [1.165, 1.54) is 11.8 Å². The van der Waals surface area contributed by atoms with Crippen molar-refractivity contribution in [2.45, 2.75) is 12.1 Å². The number of anilines is 2. The van der Waals surface area contributed by atoms with E-state index in [-0.39, 0.29) is 18.1 Å². The number of esters is 1. The van der Waals surface area contributed by atoms with E-state index >= 15 is 0 Å². The first-order valence-corrected chi connectivity index (χ1v) is 9.04. The van der Waals surface area contributed by atoms with E-state index in [9.17, 15) is 4.79 Å². The monoisotopic (exact) mass is 368 g/mol. The first-order valence-electron chi connectivity index (χ1n) is 7.81. The number of aromatic nitrogens is 5. The normalized spacial score (nSPS) is 10.4. The molecule has 0 amide bonds. The molecule has 0 bridgehead atoms. The van der Waals surface area contributed by atoms with Crippen LogP contribution in [0.3, 0.4) is 0 Å². The molecule has 2 heterocycles. The maximum Gasteiger partial charge on any atom is 0.362 e. The van der Waals surface area contributed by atoms with E-state index in [2.05, 4.69) is 30.5 Å². The minimum Gasteiger partial charge on any atom is -0.461 e. The molecule has 8 nitrogen and oxygen atoms in total. The summed E-state index contributed by atoms with van der Waals surface area (Å²) in [5, 5.41) is 11.4. The van der Waals surface area contributed by atoms with Gasteiger partial charge in [0.15, 0.2) is 11.6 Å². The van der Waals surface area contributed by atoms with Crippen LogP contribution < -0.4 is 5.32 Å². The second-order valence-corrected chi connectivity index (χ2v) is 5.77. The van der Waals surface area contributed by atoms with Crippen LogP contribution >= 0.6 is 11.8 Å². The molecule has 0 atom stereocenters. The number of nitrogens with zero attached hydrogens (tertiary/aromatic N) is 5. The maximum atomic E-state index is 12.1. The summed E-state index contributed by atoms with van der Waals surface area (Å²) in [6, 6.07) is 9.24. The highest BCUT2D eigenvalue weighted by molar-refractivity contribution is 7.98. The molecule has 0 aliphatic rings. The van der Waals surface area contributed by atoms with Crippen LogP contribution in [0.2, 0.25) is 0 Å². The van der Waals surface area contributed by atoms with Crippen molar-refractivity contribution >= 4 is 29.2 Å². The lowest BCUT2D eigenvalue weighted by Gasteiger charge is -2.11. The van der Waals surface area contributed by atoms with Crippen molar-refractivity contribution in [3.8, 4) is 11.4 Å². The number of rotatable bonds is 6. The predicted octanol–water partition coefficient (Wildman–Crippen LogP) is 2.97. The molecule has 132 valence electrons. The summed E-state index contributed by atoms with van der Waals surface area (Å²) in [5.41, 5.74) is 1.58. The Kier molecular flexibility index (Phi) is 5.69. The Hall–Kier alpha value is -3.07. The third-order valence-corrected chi connectivity index (χ3v) is 3.81. The Morgan fingerprint density at radius 3 is 2.73 bits per heavy atom. The van der Waals surface area contributed by atoms with Crippen molar-refractivity contribution in [2.24, 2.45) is 0 Å². The molecule has 3 rings (SSSR count). The van der Waals surface area contributed by atoms with Crippen LogP contribution in [0.5, 0.6) is 0 Å². The van der Waals surface area contributed by atoms with Gasteiger partial charge in [0.1, 0.15) is 0 Å². The second-order valence-electron chi connectivity index (χ2n) is 4.99. The number of benzene rings is 1. The summed E-state index contributed by atoms with van der Waals surface area (Å²) < 4.78 is 5.02. The first kappa shape index (κ1) is 17.7. The lowest BCUT2D eigenvalue weighted by atomic mass is 10.2. The van der Waals surface area contributed by atoms with E-state index in [0.717, 1.165) is 5.56 Å². The van der Waals surface area contributed by atoms with Crippen LogP contribution in [0.25, 0.3) is 11.4 Å². The average molecular weight is 368 g/mol. The molecule has 0 radical (unpaired) electrons. The molecular weight excluding hydrogens is 352 g/mol. The number of thioether (sulfide) groups is 1. The maximum absolute atomic E-state index is 12.1. The number of nitrogens with one attached hydrogen (secondary N) is 1. The fourth-order valence-electron chi connectivity index (χ4n) is 2.14. The largest absolute Gasteiger partial charge is 0.461 e. The van der Waals surface area contributed by atoms with Crippen molar-refractivity contribution in [3.05, 3.63) is 48.4 Å². The molecule has 1 aromatic carbocycles. The lowest BCUT2D eigenvalue weighted by molar-refractivity contribution is 0.0518. The molecule has 0 saturated heterocycles. The second kappa shape index (κ2) is 8.34. The van der Waals surface area contributed by atoms with Gasteiger partial charge in [-0.1, -0.05) is 23.9 Å². The van der Waals surface area contributed by atoms with Crippen LogP contribution in [0.4, 0.5) is 11.5 Å². The van der Waals surface area contributed by atoms with Gasteiger partial charge in [0.05, 0.1) is 6.61 Å². The minimum atomic E-state index is -0.579. The number of carbonyl (C=O) groups is 1. The molecule has 3 aromatic rings. The molecular formula is C17H16N6O2S. The third-order valence-electron chi connectivity index (χ3n) is 3.27. The van der Waals surface area contributed by atoms with Crippen LogP contribution in [0.1, 0.15) is 17.4 Å². The van der Waals surface area contributed by atoms with Crippen molar-refractivity contribution in [1.82, 2.24) is 25.1 Å². The van der Waals surface area contributed by atoms with Gasteiger partial charge < -0.3 is 10.1 Å². The van der Waals surface area contributed by atoms with Gasteiger partial charge in [-0.15, -0.1) is 10.2 Å². The highest BCUT2D eigenvalue weighted by Gasteiger charge is 2.18. The molecule has 0 aliphatic carbocycles. The van der Waals surface area contributed by atoms with E-state index < -0.39 is 5.97 Å². The summed E-state index contributed by atoms with van der Waals surface area (Å²) >= 11 is 1.33. The number of carbonyl (C=O) groups excluding carboxylic acids is 1. The number of hydrogen-bond acceptors (Lipinski definition) is 9. The molecule has 2 aromatic heterocycles. The van der Waals surface area contributed by atoms with Gasteiger partial charge in [-0.05, 0) is 31.4 Å². The molecule has 0 fully saturated rings. The molecule has 1 N–H and O–H groups in total. The fourth-order valence-corrected chi connectivity index (χ4v) is 2.45. The lowest BCUT2D eigenvalue weighted by Crippen LogP contribution is -2.13. The fraction of sp³-hybridized carbons (Fsp3) is 0.176. The van der Waals surface area contributed by atoms with Crippen LogP contribution in [0, 0.1) is 0 Å². The molecule has 0 aliphatic heterocycles. The summed E-state index contributed by atoms with van der Waals surface area (Å²) in [6.07, 6.45) is 5.19. The van der Waals surface area contributed by atoms with Gasteiger partial charge in [-0.25, -0.2) is 19.7 Å². The quantitative estimate of drug-likeness (QED) is 0.519. The summed E-state index contributed by atoms with van der Waals surface area (Å²) in [7, 11) is 0. The average Bonchev–Trinajstić information content (AvgIpc) is 2.69. The van der Waals surface area contributed by atoms with Crippen molar-refractivity contribution < 1.29 is 9.53 Å². The van der Waals surface area contributed by atoms with Gasteiger partial charge in [0.25, 0.3) is 0 Å². The van der Waals surface area contributed by atoms with Crippen LogP contribution in [-0.2, 0) is 4.74 Å². The highest BCUT2D eigenvalue weighted by atomic mass is 32.2. The topological polar surface area (TPSA) is 103 Å². The molecule has 0 unspecified atom stereocenters. The zero-order valence-corrected chi connectivity index (χ0v) is 15.0. The Morgan fingerprint density at radius 2 is 2.00 bits per heavy atom. The van der Waals surface area contributed by atoms with E-state index in [4.69, 9.17) is 4.74 Å². The number of hydrogen-bond donors (Lipinski definition) is 1. The van der Waals surface area contributed by atoms with Crippen molar-refractivity contribution in [2.75, 3.05) is 18.2 Å². The highest BCUT2D eigenvalue weighted by Crippen LogP contribution is 2.24. The number of ether oxygens (including phenoxy) is 1. The Labute approximate surface area is 154 Å². The third kappa shape index (κ3) is 4.12. The van der Waals surface area contributed by atoms with Gasteiger partial charge in [-0.2, -0.15) is 0 Å². The summed E-state index contributed by atoms with van der Waals surface area (Å²) in [5.74, 6) is 0.312. The van der Waals surface area contributed by atoms with Crippen molar-refractivity contribution in [1.29, 1.82) is 0 Å². The van der Waals surface area contributed by atoms with E-state index in [0.29, 0.717) is 16.7 Å². The Balaban J connectivity index is 1.94. The Bertz CT molecular complexity index is 907. The molecule has 9 heteroatoms. The van der Waals surface area contributed by atoms with Gasteiger partial charge in [-0.3, -0.25) is 0 Å². The van der Waals surface area contributed by atoms with E-state index in [1.807, 2.05) is 30.5 Å².